The van der Waals surface area contributed by atoms with Gasteiger partial charge in [-0.15, -0.1) is 4.91 Å². The molecule has 2 rings (SSSR count). The van der Waals surface area contributed by atoms with Gasteiger partial charge in [0, 0.05) is 16.8 Å². The Hall–Kier alpha value is -2.07. The van der Waals surface area contributed by atoms with Crippen LogP contribution in [0.5, 0.6) is 5.75 Å². The van der Waals surface area contributed by atoms with Crippen LogP contribution < -0.4 is 10.1 Å². The van der Waals surface area contributed by atoms with E-state index in [0.717, 1.165) is 5.69 Å². The third kappa shape index (κ3) is 2.60. The summed E-state index contributed by atoms with van der Waals surface area (Å²) in [4.78, 5) is 10.9. The second-order valence-electron chi connectivity index (χ2n) is 3.59. The molecule has 0 amide bonds. The summed E-state index contributed by atoms with van der Waals surface area (Å²) in [5.41, 5.74) is 1.55. The smallest absolute Gasteiger partial charge is 0.173 e. The van der Waals surface area contributed by atoms with Crippen LogP contribution in [0.1, 0.15) is 0 Å². The van der Waals surface area contributed by atoms with Crippen molar-refractivity contribution in [3.8, 4) is 5.75 Å². The van der Waals surface area contributed by atoms with Gasteiger partial charge < -0.3 is 10.1 Å². The number of nitroso groups, excluding NO2 is 1. The van der Waals surface area contributed by atoms with Crippen molar-refractivity contribution in [1.29, 1.82) is 0 Å². The Morgan fingerprint density at radius 1 is 1.22 bits per heavy atom. The summed E-state index contributed by atoms with van der Waals surface area (Å²) in [6.45, 7) is 0. The van der Waals surface area contributed by atoms with Gasteiger partial charge >= 0.3 is 0 Å². The Kier molecular flexibility index (Phi) is 3.79. The number of nitrogens with one attached hydrogen (secondary N) is 1. The van der Waals surface area contributed by atoms with Crippen molar-refractivity contribution in [2.75, 3.05) is 12.4 Å². The second-order valence-corrected chi connectivity index (χ2v) is 4.02. The summed E-state index contributed by atoms with van der Waals surface area (Å²) in [6.07, 6.45) is 0. The van der Waals surface area contributed by atoms with E-state index in [-0.39, 0.29) is 5.69 Å². The first-order valence-corrected chi connectivity index (χ1v) is 5.65. The van der Waals surface area contributed by atoms with E-state index < -0.39 is 0 Å². The fraction of sp³-hybridized carbons (Fsp3) is 0.0769. The Bertz CT molecular complexity index is 558. The molecule has 0 saturated heterocycles. The van der Waals surface area contributed by atoms with Gasteiger partial charge in [-0.2, -0.15) is 0 Å². The van der Waals surface area contributed by atoms with Crippen LogP contribution in [0.15, 0.2) is 47.6 Å². The Labute approximate surface area is 110 Å². The highest BCUT2D eigenvalue weighted by Gasteiger charge is 2.12. The zero-order valence-electron chi connectivity index (χ0n) is 9.68. The van der Waals surface area contributed by atoms with E-state index in [4.69, 9.17) is 16.3 Å². The van der Waals surface area contributed by atoms with E-state index in [1.165, 1.54) is 7.11 Å². The van der Waals surface area contributed by atoms with Crippen LogP contribution >= 0.6 is 11.6 Å². The lowest BCUT2D eigenvalue weighted by Gasteiger charge is -2.11. The molecule has 1 N–H and O–H groups in total. The topological polar surface area (TPSA) is 50.7 Å². The Balaban J connectivity index is 2.43. The van der Waals surface area contributed by atoms with Crippen molar-refractivity contribution in [1.82, 2.24) is 0 Å². The SMILES string of the molecule is COc1cc(Cl)cc(Nc2ccccc2)c1N=O. The first-order chi connectivity index (χ1) is 8.74. The number of halogens is 1. The van der Waals surface area contributed by atoms with Crippen LogP contribution in [-0.4, -0.2) is 7.11 Å². The molecule has 0 aliphatic carbocycles. The number of benzene rings is 2. The first-order valence-electron chi connectivity index (χ1n) is 5.27. The molecule has 2 aromatic rings. The number of ether oxygens (including phenoxy) is 1. The number of para-hydroxylation sites is 1. The van der Waals surface area contributed by atoms with Gasteiger partial charge in [0.05, 0.1) is 12.8 Å². The minimum Gasteiger partial charge on any atom is -0.494 e. The maximum Gasteiger partial charge on any atom is 0.173 e. The lowest BCUT2D eigenvalue weighted by Crippen LogP contribution is -1.93. The van der Waals surface area contributed by atoms with Gasteiger partial charge in [0.1, 0.15) is 0 Å². The number of nitrogens with zero attached hydrogens (tertiary/aromatic N) is 1. The summed E-state index contributed by atoms with van der Waals surface area (Å²) in [5, 5.41) is 6.53. The standard InChI is InChI=1S/C13H11ClN2O2/c1-18-12-8-9(14)7-11(13(12)16-17)15-10-5-3-2-4-6-10/h2-8,15H,1H3. The summed E-state index contributed by atoms with van der Waals surface area (Å²) in [6, 6.07) is 12.6. The molecule has 0 aromatic heterocycles. The largest absolute Gasteiger partial charge is 0.494 e. The van der Waals surface area contributed by atoms with Crippen molar-refractivity contribution in [3.63, 3.8) is 0 Å². The molecule has 0 spiro atoms. The van der Waals surface area contributed by atoms with Crippen LogP contribution in [0.4, 0.5) is 17.1 Å². The summed E-state index contributed by atoms with van der Waals surface area (Å²) in [7, 11) is 1.46. The minimum atomic E-state index is 0.200. The maximum atomic E-state index is 10.9. The van der Waals surface area contributed by atoms with Gasteiger partial charge in [0.25, 0.3) is 0 Å². The van der Waals surface area contributed by atoms with E-state index >= 15 is 0 Å². The van der Waals surface area contributed by atoms with Gasteiger partial charge in [0.2, 0.25) is 0 Å². The van der Waals surface area contributed by atoms with Gasteiger partial charge in [0.15, 0.2) is 11.4 Å². The quantitative estimate of drug-likeness (QED) is 0.826. The minimum absolute atomic E-state index is 0.200. The summed E-state index contributed by atoms with van der Waals surface area (Å²) < 4.78 is 5.08. The van der Waals surface area contributed by atoms with E-state index in [0.29, 0.717) is 16.5 Å². The van der Waals surface area contributed by atoms with E-state index in [2.05, 4.69) is 10.5 Å². The number of anilines is 2. The molecule has 0 aliphatic rings. The van der Waals surface area contributed by atoms with Crippen LogP contribution in [-0.2, 0) is 0 Å². The first kappa shape index (κ1) is 12.4. The molecule has 0 heterocycles. The average molecular weight is 263 g/mol. The van der Waals surface area contributed by atoms with Gasteiger partial charge in [-0.3, -0.25) is 0 Å². The third-order valence-corrected chi connectivity index (χ3v) is 2.62. The molecule has 0 aliphatic heterocycles. The molecule has 5 heteroatoms. The summed E-state index contributed by atoms with van der Waals surface area (Å²) in [5.74, 6) is 0.343. The van der Waals surface area contributed by atoms with E-state index in [1.54, 1.807) is 12.1 Å². The van der Waals surface area contributed by atoms with Crippen LogP contribution in [0.3, 0.4) is 0 Å². The predicted molar refractivity (Wildman–Crippen MR) is 73.2 cm³/mol. The highest BCUT2D eigenvalue weighted by molar-refractivity contribution is 6.31. The highest BCUT2D eigenvalue weighted by Crippen LogP contribution is 2.39. The third-order valence-electron chi connectivity index (χ3n) is 2.40. The van der Waals surface area contributed by atoms with Crippen molar-refractivity contribution >= 4 is 28.7 Å². The Morgan fingerprint density at radius 2 is 1.94 bits per heavy atom. The molecule has 2 aromatic carbocycles. The number of rotatable bonds is 4. The molecule has 0 radical (unpaired) electrons. The molecule has 0 fully saturated rings. The zero-order chi connectivity index (χ0) is 13.0. The van der Waals surface area contributed by atoms with Gasteiger partial charge in [-0.25, -0.2) is 0 Å². The molecule has 0 atom stereocenters. The monoisotopic (exact) mass is 262 g/mol. The van der Waals surface area contributed by atoms with Crippen molar-refractivity contribution < 1.29 is 4.74 Å². The fourth-order valence-corrected chi connectivity index (χ4v) is 1.80. The normalized spacial score (nSPS) is 9.89. The molecular formula is C13H11ClN2O2. The van der Waals surface area contributed by atoms with E-state index in [1.807, 2.05) is 30.3 Å². The second kappa shape index (κ2) is 5.51. The molecule has 92 valence electrons. The van der Waals surface area contributed by atoms with Crippen molar-refractivity contribution in [2.45, 2.75) is 0 Å². The molecular weight excluding hydrogens is 252 g/mol. The van der Waals surface area contributed by atoms with Crippen molar-refractivity contribution in [2.24, 2.45) is 5.18 Å². The lowest BCUT2D eigenvalue weighted by molar-refractivity contribution is 0.416. The number of hydrogen-bond acceptors (Lipinski definition) is 4. The molecule has 0 unspecified atom stereocenters. The van der Waals surface area contributed by atoms with Gasteiger partial charge in [-0.05, 0) is 23.4 Å². The molecule has 18 heavy (non-hydrogen) atoms. The molecule has 0 saturated carbocycles. The van der Waals surface area contributed by atoms with Crippen LogP contribution in [0.25, 0.3) is 0 Å². The molecule has 4 nitrogen and oxygen atoms in total. The predicted octanol–water partition coefficient (Wildman–Crippen LogP) is 4.49. The Morgan fingerprint density at radius 3 is 2.56 bits per heavy atom. The average Bonchev–Trinajstić information content (AvgIpc) is 2.39. The van der Waals surface area contributed by atoms with Crippen LogP contribution in [0.2, 0.25) is 5.02 Å². The number of methoxy groups -OCH3 is 1. The molecule has 0 bridgehead atoms. The lowest BCUT2D eigenvalue weighted by atomic mass is 10.2. The van der Waals surface area contributed by atoms with Gasteiger partial charge in [-0.1, -0.05) is 29.8 Å². The van der Waals surface area contributed by atoms with Crippen molar-refractivity contribution in [3.05, 3.63) is 52.4 Å². The zero-order valence-corrected chi connectivity index (χ0v) is 10.4. The number of hydrogen-bond donors (Lipinski definition) is 1. The highest BCUT2D eigenvalue weighted by atomic mass is 35.5. The summed E-state index contributed by atoms with van der Waals surface area (Å²) >= 11 is 5.96. The van der Waals surface area contributed by atoms with E-state index in [9.17, 15) is 4.91 Å². The van der Waals surface area contributed by atoms with Crippen LogP contribution in [0, 0.1) is 4.91 Å². The fourth-order valence-electron chi connectivity index (χ4n) is 1.60. The maximum absolute atomic E-state index is 10.9.